The number of nitrogens with zero attached hydrogens (tertiary/aromatic N) is 1. The lowest BCUT2D eigenvalue weighted by molar-refractivity contribution is -0.270. The quantitative estimate of drug-likeness (QED) is 0.415. The Labute approximate surface area is 160 Å². The van der Waals surface area contributed by atoms with Crippen molar-refractivity contribution in [3.8, 4) is 0 Å². The minimum atomic E-state index is -1.43. The number of benzene rings is 1. The van der Waals surface area contributed by atoms with Crippen LogP contribution >= 0.6 is 0 Å². The Morgan fingerprint density at radius 3 is 2.32 bits per heavy atom. The van der Waals surface area contributed by atoms with Crippen LogP contribution < -0.4 is 5.32 Å². The maximum Gasteiger partial charge on any atom is 0.261 e. The molecule has 0 saturated carbocycles. The molecule has 0 aliphatic carbocycles. The van der Waals surface area contributed by atoms with Gasteiger partial charge in [0.1, 0.15) is 24.4 Å². The summed E-state index contributed by atoms with van der Waals surface area (Å²) in [4.78, 5) is 37.1. The van der Waals surface area contributed by atoms with Gasteiger partial charge in [-0.1, -0.05) is 12.1 Å². The Hall–Kier alpha value is -2.37. The molecular formula is C18H22N2O8. The molecule has 1 aromatic carbocycles. The number of amides is 3. The Balaban J connectivity index is 1.64. The number of rotatable bonds is 6. The topological polar surface area (TPSA) is 146 Å². The van der Waals surface area contributed by atoms with E-state index in [2.05, 4.69) is 5.32 Å². The predicted molar refractivity (Wildman–Crippen MR) is 93.1 cm³/mol. The maximum absolute atomic E-state index is 12.3. The first-order valence-corrected chi connectivity index (χ1v) is 8.81. The molecule has 2 aliphatic rings. The molecule has 152 valence electrons. The van der Waals surface area contributed by atoms with E-state index in [9.17, 15) is 29.7 Å². The monoisotopic (exact) mass is 394 g/mol. The van der Waals surface area contributed by atoms with Crippen LogP contribution in [0.5, 0.6) is 0 Å². The van der Waals surface area contributed by atoms with Crippen molar-refractivity contribution in [2.24, 2.45) is 0 Å². The van der Waals surface area contributed by atoms with Crippen molar-refractivity contribution in [1.82, 2.24) is 10.2 Å². The zero-order valence-electron chi connectivity index (χ0n) is 15.1. The molecule has 1 fully saturated rings. The highest BCUT2D eigenvalue weighted by Gasteiger charge is 2.45. The van der Waals surface area contributed by atoms with Crippen molar-refractivity contribution < 1.29 is 39.2 Å². The molecule has 0 unspecified atom stereocenters. The predicted octanol–water partition coefficient (Wildman–Crippen LogP) is -1.76. The van der Waals surface area contributed by atoms with E-state index in [1.54, 1.807) is 24.3 Å². The van der Waals surface area contributed by atoms with Crippen LogP contribution in [0.4, 0.5) is 0 Å². The van der Waals surface area contributed by atoms with E-state index < -0.39 is 55.0 Å². The molecule has 0 radical (unpaired) electrons. The molecule has 3 rings (SSSR count). The summed E-state index contributed by atoms with van der Waals surface area (Å²) in [6.07, 6.45) is -5.14. The number of nitrogens with one attached hydrogen (secondary N) is 1. The standard InChI is InChI=1S/C18H22N2O8/c1-9(22)19-13-15(24)14(23)12(8-21)28-18(13)27-7-6-20-16(25)10-4-2-3-5-11(10)17(20)26/h2-5,12-15,18,21,23-24H,6-8H2,1H3,(H,19,22)/t12-,13+,14-,15+,18-/m1/s1. The SMILES string of the molecule is CC(=O)N[C@@H]1[C@H](OCCN2C(=O)c3ccccc3C2=O)O[C@H](CO)[C@@H](O)[C@H]1O. The van der Waals surface area contributed by atoms with Gasteiger partial charge < -0.3 is 30.1 Å². The number of hydrogen-bond donors (Lipinski definition) is 4. The minimum absolute atomic E-state index is 0.0680. The first-order chi connectivity index (χ1) is 13.3. The number of aliphatic hydroxyl groups excluding tert-OH is 3. The average Bonchev–Trinajstić information content (AvgIpc) is 2.92. The molecule has 3 amide bonds. The fourth-order valence-corrected chi connectivity index (χ4v) is 3.32. The van der Waals surface area contributed by atoms with Crippen molar-refractivity contribution in [3.63, 3.8) is 0 Å². The minimum Gasteiger partial charge on any atom is -0.394 e. The van der Waals surface area contributed by atoms with Crippen molar-refractivity contribution in [3.05, 3.63) is 35.4 Å². The lowest BCUT2D eigenvalue weighted by Gasteiger charge is -2.42. The molecule has 10 nitrogen and oxygen atoms in total. The lowest BCUT2D eigenvalue weighted by atomic mass is 9.97. The Bertz CT molecular complexity index is 735. The normalized spacial score (nSPS) is 29.7. The molecule has 2 heterocycles. The summed E-state index contributed by atoms with van der Waals surface area (Å²) in [5, 5.41) is 31.9. The van der Waals surface area contributed by atoms with Crippen LogP contribution in [-0.2, 0) is 14.3 Å². The molecule has 0 aromatic heterocycles. The summed E-state index contributed by atoms with van der Waals surface area (Å²) in [6, 6.07) is 5.38. The van der Waals surface area contributed by atoms with Crippen molar-refractivity contribution >= 4 is 17.7 Å². The highest BCUT2D eigenvalue weighted by Crippen LogP contribution is 2.24. The van der Waals surface area contributed by atoms with Gasteiger partial charge in [0.15, 0.2) is 6.29 Å². The van der Waals surface area contributed by atoms with Crippen LogP contribution in [-0.4, -0.2) is 88.3 Å². The number of carbonyl (C=O) groups is 3. The fourth-order valence-electron chi connectivity index (χ4n) is 3.32. The molecule has 10 heteroatoms. The number of carbonyl (C=O) groups excluding carboxylic acids is 3. The molecular weight excluding hydrogens is 372 g/mol. The highest BCUT2D eigenvalue weighted by molar-refractivity contribution is 6.21. The van der Waals surface area contributed by atoms with Crippen LogP contribution in [0.1, 0.15) is 27.6 Å². The van der Waals surface area contributed by atoms with E-state index in [0.717, 1.165) is 4.90 Å². The van der Waals surface area contributed by atoms with E-state index in [1.807, 2.05) is 0 Å². The molecule has 28 heavy (non-hydrogen) atoms. The summed E-state index contributed by atoms with van der Waals surface area (Å²) in [5.41, 5.74) is 0.632. The maximum atomic E-state index is 12.3. The molecule has 0 bridgehead atoms. The number of aliphatic hydroxyl groups is 3. The summed E-state index contributed by atoms with van der Waals surface area (Å²) >= 11 is 0. The second-order valence-electron chi connectivity index (χ2n) is 6.61. The summed E-state index contributed by atoms with van der Waals surface area (Å²) in [7, 11) is 0. The largest absolute Gasteiger partial charge is 0.394 e. The van der Waals surface area contributed by atoms with Crippen LogP contribution in [0.2, 0.25) is 0 Å². The van der Waals surface area contributed by atoms with Gasteiger partial charge in [-0.25, -0.2) is 0 Å². The first kappa shape index (κ1) is 20.4. The Morgan fingerprint density at radius 2 is 1.79 bits per heavy atom. The highest BCUT2D eigenvalue weighted by atomic mass is 16.7. The molecule has 4 N–H and O–H groups in total. The Kier molecular flexibility index (Phi) is 6.06. The zero-order chi connectivity index (χ0) is 20.4. The first-order valence-electron chi connectivity index (χ1n) is 8.81. The lowest BCUT2D eigenvalue weighted by Crippen LogP contribution is -2.64. The van der Waals surface area contributed by atoms with Gasteiger partial charge >= 0.3 is 0 Å². The van der Waals surface area contributed by atoms with Crippen LogP contribution in [0.25, 0.3) is 0 Å². The van der Waals surface area contributed by atoms with Crippen molar-refractivity contribution in [2.45, 2.75) is 37.6 Å². The van der Waals surface area contributed by atoms with Gasteiger partial charge in [0.2, 0.25) is 5.91 Å². The number of ether oxygens (including phenoxy) is 2. The van der Waals surface area contributed by atoms with E-state index in [-0.39, 0.29) is 13.2 Å². The van der Waals surface area contributed by atoms with Gasteiger partial charge in [0, 0.05) is 6.92 Å². The Morgan fingerprint density at radius 1 is 1.18 bits per heavy atom. The van der Waals surface area contributed by atoms with Gasteiger partial charge in [0.25, 0.3) is 11.8 Å². The molecule has 1 aromatic rings. The van der Waals surface area contributed by atoms with Gasteiger partial charge in [-0.2, -0.15) is 0 Å². The number of imide groups is 1. The zero-order valence-corrected chi connectivity index (χ0v) is 15.1. The smallest absolute Gasteiger partial charge is 0.261 e. The van der Waals surface area contributed by atoms with Crippen molar-refractivity contribution in [1.29, 1.82) is 0 Å². The molecule has 2 aliphatic heterocycles. The summed E-state index contributed by atoms with van der Waals surface area (Å²) in [6.45, 7) is 0.463. The van der Waals surface area contributed by atoms with E-state index in [0.29, 0.717) is 11.1 Å². The number of hydrogen-bond acceptors (Lipinski definition) is 8. The molecule has 0 spiro atoms. The third-order valence-electron chi connectivity index (χ3n) is 4.73. The van der Waals surface area contributed by atoms with Gasteiger partial charge in [-0.3, -0.25) is 19.3 Å². The second kappa shape index (κ2) is 8.33. The van der Waals surface area contributed by atoms with Crippen LogP contribution in [0.15, 0.2) is 24.3 Å². The third kappa shape index (κ3) is 3.77. The van der Waals surface area contributed by atoms with Gasteiger partial charge in [-0.15, -0.1) is 0 Å². The van der Waals surface area contributed by atoms with Crippen LogP contribution in [0, 0.1) is 0 Å². The molecule has 1 saturated heterocycles. The van der Waals surface area contributed by atoms with E-state index in [1.165, 1.54) is 6.92 Å². The summed E-state index contributed by atoms with van der Waals surface area (Å²) in [5.74, 6) is -1.34. The van der Waals surface area contributed by atoms with Crippen molar-refractivity contribution in [2.75, 3.05) is 19.8 Å². The van der Waals surface area contributed by atoms with Gasteiger partial charge in [-0.05, 0) is 12.1 Å². The second-order valence-corrected chi connectivity index (χ2v) is 6.61. The summed E-state index contributed by atoms with van der Waals surface area (Å²) < 4.78 is 11.0. The van der Waals surface area contributed by atoms with E-state index in [4.69, 9.17) is 9.47 Å². The van der Waals surface area contributed by atoms with Gasteiger partial charge in [0.05, 0.1) is 30.9 Å². The average molecular weight is 394 g/mol. The third-order valence-corrected chi connectivity index (χ3v) is 4.73. The van der Waals surface area contributed by atoms with Crippen LogP contribution in [0.3, 0.4) is 0 Å². The fraction of sp³-hybridized carbons (Fsp3) is 0.500. The molecule has 5 atom stereocenters. The van der Waals surface area contributed by atoms with E-state index >= 15 is 0 Å². The number of fused-ring (bicyclic) bond motifs is 1.